The van der Waals surface area contributed by atoms with Crippen LogP contribution < -0.4 is 10.0 Å². The van der Waals surface area contributed by atoms with Gasteiger partial charge in [0.25, 0.3) is 0 Å². The quantitative estimate of drug-likeness (QED) is 0.484. The molecule has 0 aromatic rings. The minimum atomic E-state index is -3.05. The molecule has 4 nitrogen and oxygen atoms in total. The van der Waals surface area contributed by atoms with Crippen molar-refractivity contribution in [1.29, 1.82) is 0 Å². The largest absolute Gasteiger partial charge is 0.314 e. The van der Waals surface area contributed by atoms with Crippen LogP contribution in [0.1, 0.15) is 71.6 Å². The molecule has 0 heterocycles. The number of unbranched alkanes of at least 4 members (excludes halogenated alkanes) is 4. The maximum atomic E-state index is 11.8. The summed E-state index contributed by atoms with van der Waals surface area (Å²) in [5, 5.41) is 3.41. The Bertz CT molecular complexity index is 351. The molecule has 0 aromatic carbocycles. The van der Waals surface area contributed by atoms with Gasteiger partial charge >= 0.3 is 0 Å². The van der Waals surface area contributed by atoms with E-state index in [2.05, 4.69) is 23.9 Å². The fourth-order valence-corrected chi connectivity index (χ4v) is 3.53. The minimum Gasteiger partial charge on any atom is -0.314 e. The lowest BCUT2D eigenvalue weighted by Crippen LogP contribution is -2.28. The van der Waals surface area contributed by atoms with E-state index in [1.165, 1.54) is 32.1 Å². The Balaban J connectivity index is 1.88. The maximum Gasteiger partial charge on any atom is 0.211 e. The predicted octanol–water partition coefficient (Wildman–Crippen LogP) is 3.04. The molecule has 5 heteroatoms. The second-order valence-electron chi connectivity index (χ2n) is 6.75. The molecular weight excluding hydrogens is 284 g/mol. The lowest BCUT2D eigenvalue weighted by atomic mass is 10.0. The third kappa shape index (κ3) is 12.1. The molecule has 126 valence electrons. The van der Waals surface area contributed by atoms with Crippen LogP contribution in [0.25, 0.3) is 0 Å². The minimum absolute atomic E-state index is 0.271. The molecule has 21 heavy (non-hydrogen) atoms. The van der Waals surface area contributed by atoms with Crippen LogP contribution in [0.15, 0.2) is 0 Å². The summed E-state index contributed by atoms with van der Waals surface area (Å²) in [4.78, 5) is 0. The molecule has 2 N–H and O–H groups in total. The zero-order valence-corrected chi connectivity index (χ0v) is 14.7. The number of sulfonamides is 1. The molecule has 1 rings (SSSR count). The van der Waals surface area contributed by atoms with Gasteiger partial charge in [0, 0.05) is 12.6 Å². The van der Waals surface area contributed by atoms with Crippen molar-refractivity contribution < 1.29 is 8.42 Å². The molecule has 0 amide bonds. The van der Waals surface area contributed by atoms with Gasteiger partial charge in [-0.3, -0.25) is 0 Å². The second kappa shape index (κ2) is 10.6. The van der Waals surface area contributed by atoms with Crippen molar-refractivity contribution in [3.63, 3.8) is 0 Å². The first-order valence-corrected chi connectivity index (χ1v) is 10.4. The van der Waals surface area contributed by atoms with Gasteiger partial charge in [-0.25, -0.2) is 13.1 Å². The van der Waals surface area contributed by atoms with E-state index in [4.69, 9.17) is 0 Å². The molecule has 1 aliphatic rings. The molecule has 1 saturated carbocycles. The zero-order valence-electron chi connectivity index (χ0n) is 13.9. The van der Waals surface area contributed by atoms with Gasteiger partial charge in [-0.1, -0.05) is 39.5 Å². The molecule has 0 unspecified atom stereocenters. The fourth-order valence-electron chi connectivity index (χ4n) is 2.34. The molecular formula is C16H34N2O2S. The number of hydrogen-bond donors (Lipinski definition) is 2. The summed E-state index contributed by atoms with van der Waals surface area (Å²) in [5.74, 6) is 1.05. The van der Waals surface area contributed by atoms with Crippen LogP contribution in [0.5, 0.6) is 0 Å². The van der Waals surface area contributed by atoms with Crippen molar-refractivity contribution in [2.75, 3.05) is 18.8 Å². The highest BCUT2D eigenvalue weighted by atomic mass is 32.2. The van der Waals surface area contributed by atoms with Crippen molar-refractivity contribution in [2.45, 2.75) is 77.7 Å². The van der Waals surface area contributed by atoms with E-state index < -0.39 is 10.0 Å². The van der Waals surface area contributed by atoms with E-state index in [1.807, 2.05) is 0 Å². The number of hydrogen-bond acceptors (Lipinski definition) is 3. The molecule has 1 aliphatic carbocycles. The SMILES string of the molecule is CC(C)CCCCCCNS(=O)(=O)CCCCNC1CC1. The summed E-state index contributed by atoms with van der Waals surface area (Å²) in [7, 11) is -3.05. The first kappa shape index (κ1) is 18.9. The summed E-state index contributed by atoms with van der Waals surface area (Å²) in [5.41, 5.74) is 0. The van der Waals surface area contributed by atoms with E-state index in [9.17, 15) is 8.42 Å². The van der Waals surface area contributed by atoms with Gasteiger partial charge < -0.3 is 5.32 Å². The van der Waals surface area contributed by atoms with Gasteiger partial charge in [-0.2, -0.15) is 0 Å². The standard InChI is InChI=1S/C16H34N2O2S/c1-15(2)9-5-3-4-6-13-18-21(19,20)14-8-7-12-17-16-10-11-16/h15-18H,3-14H2,1-2H3. The van der Waals surface area contributed by atoms with Crippen LogP contribution in [-0.2, 0) is 10.0 Å². The number of nitrogens with one attached hydrogen (secondary N) is 2. The molecule has 0 radical (unpaired) electrons. The predicted molar refractivity (Wildman–Crippen MR) is 90.0 cm³/mol. The maximum absolute atomic E-state index is 11.8. The Morgan fingerprint density at radius 2 is 1.62 bits per heavy atom. The fraction of sp³-hybridized carbons (Fsp3) is 1.00. The summed E-state index contributed by atoms with van der Waals surface area (Å²) in [6, 6.07) is 0.718. The number of rotatable bonds is 14. The Hall–Kier alpha value is -0.130. The lowest BCUT2D eigenvalue weighted by molar-refractivity contribution is 0.517. The third-order valence-electron chi connectivity index (χ3n) is 3.88. The van der Waals surface area contributed by atoms with E-state index in [1.54, 1.807) is 0 Å². The van der Waals surface area contributed by atoms with Crippen LogP contribution in [-0.4, -0.2) is 33.3 Å². The molecule has 0 aromatic heterocycles. The van der Waals surface area contributed by atoms with E-state index >= 15 is 0 Å². The highest BCUT2D eigenvalue weighted by molar-refractivity contribution is 7.89. The van der Waals surface area contributed by atoms with Crippen molar-refractivity contribution in [2.24, 2.45) is 5.92 Å². The monoisotopic (exact) mass is 318 g/mol. The first-order valence-electron chi connectivity index (χ1n) is 8.70. The highest BCUT2D eigenvalue weighted by Gasteiger charge is 2.19. The first-order chi connectivity index (χ1) is 9.99. The van der Waals surface area contributed by atoms with Crippen molar-refractivity contribution in [3.05, 3.63) is 0 Å². The average Bonchev–Trinajstić information content (AvgIpc) is 3.21. The van der Waals surface area contributed by atoms with E-state index in [-0.39, 0.29) is 5.75 Å². The van der Waals surface area contributed by atoms with Gasteiger partial charge in [0.15, 0.2) is 0 Å². The Morgan fingerprint density at radius 3 is 2.29 bits per heavy atom. The summed E-state index contributed by atoms with van der Waals surface area (Å²) in [6.07, 6.45) is 10.1. The topological polar surface area (TPSA) is 58.2 Å². The Morgan fingerprint density at radius 1 is 0.952 bits per heavy atom. The van der Waals surface area contributed by atoms with Crippen LogP contribution in [0.4, 0.5) is 0 Å². The Kier molecular flexibility index (Phi) is 9.52. The van der Waals surface area contributed by atoms with E-state index in [0.717, 1.165) is 44.2 Å². The Labute approximate surface area is 131 Å². The summed E-state index contributed by atoms with van der Waals surface area (Å²) in [6.45, 7) is 6.04. The molecule has 0 saturated heterocycles. The molecule has 0 bridgehead atoms. The van der Waals surface area contributed by atoms with Gasteiger partial charge in [0.2, 0.25) is 10.0 Å². The molecule has 0 atom stereocenters. The van der Waals surface area contributed by atoms with Gasteiger partial charge in [0.05, 0.1) is 5.75 Å². The van der Waals surface area contributed by atoms with Crippen LogP contribution in [0.2, 0.25) is 0 Å². The third-order valence-corrected chi connectivity index (χ3v) is 5.35. The normalized spacial score (nSPS) is 15.8. The molecule has 0 aliphatic heterocycles. The highest BCUT2D eigenvalue weighted by Crippen LogP contribution is 2.18. The summed E-state index contributed by atoms with van der Waals surface area (Å²) >= 11 is 0. The van der Waals surface area contributed by atoms with Crippen LogP contribution in [0, 0.1) is 5.92 Å². The lowest BCUT2D eigenvalue weighted by Gasteiger charge is -2.07. The molecule has 0 spiro atoms. The zero-order chi connectivity index (χ0) is 15.6. The van der Waals surface area contributed by atoms with Crippen LogP contribution >= 0.6 is 0 Å². The second-order valence-corrected chi connectivity index (χ2v) is 8.67. The van der Waals surface area contributed by atoms with Gasteiger partial charge in [-0.15, -0.1) is 0 Å². The van der Waals surface area contributed by atoms with Crippen molar-refractivity contribution >= 4 is 10.0 Å². The smallest absolute Gasteiger partial charge is 0.211 e. The average molecular weight is 319 g/mol. The van der Waals surface area contributed by atoms with Crippen molar-refractivity contribution in [3.8, 4) is 0 Å². The van der Waals surface area contributed by atoms with Gasteiger partial charge in [0.1, 0.15) is 0 Å². The van der Waals surface area contributed by atoms with Crippen molar-refractivity contribution in [1.82, 2.24) is 10.0 Å². The summed E-state index contributed by atoms with van der Waals surface area (Å²) < 4.78 is 26.3. The van der Waals surface area contributed by atoms with Crippen LogP contribution in [0.3, 0.4) is 0 Å². The van der Waals surface area contributed by atoms with Gasteiger partial charge in [-0.05, 0) is 44.6 Å². The molecule has 1 fully saturated rings. The van der Waals surface area contributed by atoms with E-state index in [0.29, 0.717) is 6.54 Å².